The van der Waals surface area contributed by atoms with Crippen molar-refractivity contribution in [2.24, 2.45) is 16.8 Å². The number of aryl methyl sites for hydroxylation is 1. The normalized spacial score (nSPS) is 24.4. The van der Waals surface area contributed by atoms with Crippen LogP contribution in [0.2, 0.25) is 0 Å². The van der Waals surface area contributed by atoms with Crippen molar-refractivity contribution in [2.45, 2.75) is 18.3 Å². The summed E-state index contributed by atoms with van der Waals surface area (Å²) in [6.07, 6.45) is 1.96. The molecule has 0 radical (unpaired) electrons. The minimum absolute atomic E-state index is 0.131. The van der Waals surface area contributed by atoms with E-state index in [0.29, 0.717) is 5.69 Å². The van der Waals surface area contributed by atoms with Gasteiger partial charge in [0.05, 0.1) is 28.6 Å². The lowest BCUT2D eigenvalue weighted by Gasteiger charge is -2.52. The van der Waals surface area contributed by atoms with Gasteiger partial charge in [-0.05, 0) is 58.3 Å². The van der Waals surface area contributed by atoms with Gasteiger partial charge in [0.25, 0.3) is 0 Å². The van der Waals surface area contributed by atoms with Crippen LogP contribution in [0.4, 0.5) is 11.4 Å². The molecule has 1 fully saturated rings. The topological polar surface area (TPSA) is 49.7 Å². The quantitative estimate of drug-likeness (QED) is 0.189. The van der Waals surface area contributed by atoms with Crippen molar-refractivity contribution in [1.82, 2.24) is 0 Å². The molecule has 4 aliphatic rings. The highest BCUT2D eigenvalue weighted by atomic mass is 16.2. The molecule has 2 atom stereocenters. The van der Waals surface area contributed by atoms with E-state index in [4.69, 9.17) is 4.99 Å². The molecule has 0 N–H and O–H groups in total. The molecular formula is C36H26N2O2. The summed E-state index contributed by atoms with van der Waals surface area (Å²) in [5.74, 6) is -1.59. The molecule has 4 nitrogen and oxygen atoms in total. The third-order valence-corrected chi connectivity index (χ3v) is 9.11. The molecule has 0 unspecified atom stereocenters. The molecule has 1 saturated heterocycles. The predicted molar refractivity (Wildman–Crippen MR) is 158 cm³/mol. The molecule has 1 aliphatic heterocycles. The van der Waals surface area contributed by atoms with Crippen LogP contribution in [0.25, 0.3) is 10.8 Å². The minimum Gasteiger partial charge on any atom is -0.274 e. The van der Waals surface area contributed by atoms with Crippen LogP contribution < -0.4 is 4.90 Å². The highest BCUT2D eigenvalue weighted by molar-refractivity contribution is 6.27. The molecule has 40 heavy (non-hydrogen) atoms. The summed E-state index contributed by atoms with van der Waals surface area (Å²) in [6, 6.07) is 38.4. The summed E-state index contributed by atoms with van der Waals surface area (Å²) in [7, 11) is 0. The van der Waals surface area contributed by atoms with Crippen molar-refractivity contribution in [3.05, 3.63) is 143 Å². The number of amides is 2. The van der Waals surface area contributed by atoms with E-state index in [-0.39, 0.29) is 17.7 Å². The third-order valence-electron chi connectivity index (χ3n) is 9.11. The first-order valence-corrected chi connectivity index (χ1v) is 13.8. The van der Waals surface area contributed by atoms with Crippen LogP contribution in [-0.4, -0.2) is 18.0 Å². The number of carbonyl (C=O) groups excluding carboxylic acids is 2. The van der Waals surface area contributed by atoms with Gasteiger partial charge in [0.15, 0.2) is 0 Å². The smallest absolute Gasteiger partial charge is 0.239 e. The van der Waals surface area contributed by atoms with Crippen LogP contribution in [0.1, 0.15) is 33.7 Å². The zero-order valence-corrected chi connectivity index (χ0v) is 22.0. The van der Waals surface area contributed by atoms with Crippen LogP contribution in [0, 0.1) is 18.8 Å². The van der Waals surface area contributed by atoms with Gasteiger partial charge in [-0.15, -0.1) is 0 Å². The zero-order chi connectivity index (χ0) is 27.0. The van der Waals surface area contributed by atoms with Crippen molar-refractivity contribution >= 4 is 40.2 Å². The number of anilines is 1. The summed E-state index contributed by atoms with van der Waals surface area (Å²) in [6.45, 7) is 2.05. The highest BCUT2D eigenvalue weighted by Gasteiger charge is 2.68. The highest BCUT2D eigenvalue weighted by Crippen LogP contribution is 2.64. The fraction of sp³-hybridized carbons (Fsp3) is 0.139. The Labute approximate surface area is 232 Å². The Morgan fingerprint density at radius 2 is 1.38 bits per heavy atom. The average Bonchev–Trinajstić information content (AvgIpc) is 3.26. The van der Waals surface area contributed by atoms with Gasteiger partial charge in [0.1, 0.15) is 0 Å². The van der Waals surface area contributed by atoms with Gasteiger partial charge in [0, 0.05) is 17.5 Å². The fourth-order valence-corrected chi connectivity index (χ4v) is 7.58. The van der Waals surface area contributed by atoms with E-state index in [1.54, 1.807) is 0 Å². The molecule has 0 spiro atoms. The lowest BCUT2D eigenvalue weighted by molar-refractivity contribution is -0.122. The summed E-state index contributed by atoms with van der Waals surface area (Å²) >= 11 is 0. The van der Waals surface area contributed by atoms with E-state index in [0.717, 1.165) is 44.3 Å². The first-order valence-electron chi connectivity index (χ1n) is 13.8. The summed E-state index contributed by atoms with van der Waals surface area (Å²) in [4.78, 5) is 35.7. The molecule has 5 aromatic rings. The number of carbonyl (C=O) groups is 2. The van der Waals surface area contributed by atoms with E-state index in [1.165, 1.54) is 4.90 Å². The average molecular weight is 519 g/mol. The molecule has 1 heterocycles. The molecule has 2 amide bonds. The van der Waals surface area contributed by atoms with Crippen molar-refractivity contribution in [3.8, 4) is 0 Å². The van der Waals surface area contributed by atoms with E-state index in [9.17, 15) is 9.59 Å². The molecule has 0 aromatic heterocycles. The number of hydrogen-bond donors (Lipinski definition) is 0. The zero-order valence-electron chi connectivity index (χ0n) is 22.0. The lowest BCUT2D eigenvalue weighted by atomic mass is 9.47. The first-order chi connectivity index (χ1) is 19.6. The Morgan fingerprint density at radius 3 is 2.12 bits per heavy atom. The van der Waals surface area contributed by atoms with E-state index in [2.05, 4.69) is 24.3 Å². The second-order valence-electron chi connectivity index (χ2n) is 11.1. The number of nitrogens with zero attached hydrogens (tertiary/aromatic N) is 2. The molecule has 0 saturated carbocycles. The van der Waals surface area contributed by atoms with Crippen molar-refractivity contribution in [3.63, 3.8) is 0 Å². The first kappa shape index (κ1) is 23.1. The molecule has 9 rings (SSSR count). The second kappa shape index (κ2) is 8.33. The van der Waals surface area contributed by atoms with Crippen LogP contribution in [-0.2, 0) is 15.0 Å². The van der Waals surface area contributed by atoms with Crippen molar-refractivity contribution in [2.75, 3.05) is 4.90 Å². The maximum Gasteiger partial charge on any atom is 0.239 e. The van der Waals surface area contributed by atoms with Gasteiger partial charge in [-0.25, -0.2) is 4.90 Å². The Morgan fingerprint density at radius 1 is 0.725 bits per heavy atom. The summed E-state index contributed by atoms with van der Waals surface area (Å²) < 4.78 is 0. The Balaban J connectivity index is 1.40. The number of hydrogen-bond acceptors (Lipinski definition) is 3. The molecule has 2 bridgehead atoms. The van der Waals surface area contributed by atoms with Gasteiger partial charge < -0.3 is 0 Å². The molecular weight excluding hydrogens is 492 g/mol. The van der Waals surface area contributed by atoms with Crippen LogP contribution in [0.5, 0.6) is 0 Å². The minimum atomic E-state index is -0.873. The third kappa shape index (κ3) is 2.93. The van der Waals surface area contributed by atoms with Crippen molar-refractivity contribution < 1.29 is 9.59 Å². The van der Waals surface area contributed by atoms with Crippen molar-refractivity contribution in [1.29, 1.82) is 0 Å². The number of aliphatic imine (C=N–C) groups is 1. The van der Waals surface area contributed by atoms with Gasteiger partial charge in [-0.1, -0.05) is 97.1 Å². The van der Waals surface area contributed by atoms with E-state index in [1.807, 2.05) is 104 Å². The van der Waals surface area contributed by atoms with Crippen LogP contribution in [0.3, 0.4) is 0 Å². The maximum atomic E-state index is 14.7. The number of imide groups is 1. The van der Waals surface area contributed by atoms with E-state index < -0.39 is 17.3 Å². The molecule has 3 aliphatic carbocycles. The fourth-order valence-electron chi connectivity index (χ4n) is 7.58. The van der Waals surface area contributed by atoms with Gasteiger partial charge >= 0.3 is 0 Å². The molecule has 4 heteroatoms. The Hall–Kier alpha value is -4.83. The lowest BCUT2D eigenvalue weighted by Crippen LogP contribution is -2.54. The predicted octanol–water partition coefficient (Wildman–Crippen LogP) is 7.10. The summed E-state index contributed by atoms with van der Waals surface area (Å²) in [5, 5.41) is 1.90. The molecule has 192 valence electrons. The monoisotopic (exact) mass is 518 g/mol. The standard InChI is InChI=1S/C36H26N2O2/c1-22-10-8-13-24(20-22)37-21-36-28-17-6-4-15-26(28)31(27-16-5-7-18-29(27)36)32-33(36)35(40)38(34(32)39)30-19-9-12-23-11-2-3-14-25(23)30/h2-21,31-33H,1H3/t31?,32-,33+,36?/m0/s1. The van der Waals surface area contributed by atoms with E-state index >= 15 is 0 Å². The SMILES string of the molecule is Cc1cccc(N=CC23c4ccccc4C(c4ccccc42)[C@@H]2C(=O)N(c4cccc5ccccc45)C(=O)[C@@H]23)c1. The Kier molecular flexibility index (Phi) is 4.81. The maximum absolute atomic E-state index is 14.7. The van der Waals surface area contributed by atoms with Crippen LogP contribution >= 0.6 is 0 Å². The molecule has 5 aromatic carbocycles. The summed E-state index contributed by atoms with van der Waals surface area (Å²) in [5.41, 5.74) is 6.08. The Bertz CT molecular complexity index is 1850. The van der Waals surface area contributed by atoms with Gasteiger partial charge in [-0.2, -0.15) is 0 Å². The van der Waals surface area contributed by atoms with Gasteiger partial charge in [0.2, 0.25) is 11.8 Å². The number of fused-ring (bicyclic) bond motifs is 1. The number of benzene rings is 5. The second-order valence-corrected chi connectivity index (χ2v) is 11.1. The largest absolute Gasteiger partial charge is 0.274 e. The van der Waals surface area contributed by atoms with Gasteiger partial charge in [-0.3, -0.25) is 14.6 Å². The van der Waals surface area contributed by atoms with Crippen LogP contribution in [0.15, 0.2) is 120 Å². The number of rotatable bonds is 3.